The maximum absolute atomic E-state index is 12.5. The van der Waals surface area contributed by atoms with E-state index in [4.69, 9.17) is 9.47 Å². The van der Waals surface area contributed by atoms with Crippen LogP contribution in [0.2, 0.25) is 0 Å². The van der Waals surface area contributed by atoms with Crippen LogP contribution in [0.5, 0.6) is 11.5 Å². The second-order valence-corrected chi connectivity index (χ2v) is 7.49. The number of rotatable bonds is 8. The van der Waals surface area contributed by atoms with Crippen molar-refractivity contribution in [2.45, 2.75) is 19.3 Å². The largest absolute Gasteiger partial charge is 0.493 e. The molecular formula is C25H30N2O4. The summed E-state index contributed by atoms with van der Waals surface area (Å²) in [5.74, 6) is 1.39. The number of carbonyl (C=O) groups is 2. The van der Waals surface area contributed by atoms with Gasteiger partial charge >= 0.3 is 0 Å². The van der Waals surface area contributed by atoms with E-state index in [0.717, 1.165) is 18.4 Å². The number of hydrogen-bond donors (Lipinski definition) is 0. The van der Waals surface area contributed by atoms with Crippen molar-refractivity contribution < 1.29 is 19.1 Å². The van der Waals surface area contributed by atoms with Gasteiger partial charge in [-0.2, -0.15) is 0 Å². The van der Waals surface area contributed by atoms with E-state index in [1.807, 2.05) is 41.3 Å². The topological polar surface area (TPSA) is 59.1 Å². The summed E-state index contributed by atoms with van der Waals surface area (Å²) in [5.41, 5.74) is 2.12. The summed E-state index contributed by atoms with van der Waals surface area (Å²) in [6.45, 7) is 2.28. The van der Waals surface area contributed by atoms with E-state index in [-0.39, 0.29) is 11.8 Å². The summed E-state index contributed by atoms with van der Waals surface area (Å²) < 4.78 is 10.5. The Morgan fingerprint density at radius 1 is 0.903 bits per heavy atom. The van der Waals surface area contributed by atoms with Crippen LogP contribution in [0.25, 0.3) is 6.08 Å². The third-order valence-corrected chi connectivity index (χ3v) is 5.47. The van der Waals surface area contributed by atoms with Crippen LogP contribution in [0.3, 0.4) is 0 Å². The van der Waals surface area contributed by atoms with Gasteiger partial charge in [0.1, 0.15) is 0 Å². The van der Waals surface area contributed by atoms with Crippen molar-refractivity contribution in [2.75, 3.05) is 40.4 Å². The van der Waals surface area contributed by atoms with Crippen LogP contribution in [0, 0.1) is 0 Å². The Balaban J connectivity index is 1.44. The predicted molar refractivity (Wildman–Crippen MR) is 121 cm³/mol. The van der Waals surface area contributed by atoms with Crippen molar-refractivity contribution in [2.24, 2.45) is 0 Å². The zero-order valence-electron chi connectivity index (χ0n) is 18.3. The first-order valence-corrected chi connectivity index (χ1v) is 10.6. The third-order valence-electron chi connectivity index (χ3n) is 5.47. The monoisotopic (exact) mass is 422 g/mol. The number of methoxy groups -OCH3 is 2. The number of nitrogens with zero attached hydrogens (tertiary/aromatic N) is 2. The van der Waals surface area contributed by atoms with Crippen molar-refractivity contribution in [3.8, 4) is 11.5 Å². The summed E-state index contributed by atoms with van der Waals surface area (Å²) in [6.07, 6.45) is 5.63. The van der Waals surface area contributed by atoms with Crippen molar-refractivity contribution >= 4 is 17.9 Å². The zero-order chi connectivity index (χ0) is 22.1. The van der Waals surface area contributed by atoms with Crippen LogP contribution in [0.15, 0.2) is 54.6 Å². The number of aryl methyl sites for hydroxylation is 1. The van der Waals surface area contributed by atoms with Gasteiger partial charge in [-0.15, -0.1) is 0 Å². The molecule has 0 N–H and O–H groups in total. The Morgan fingerprint density at radius 3 is 2.26 bits per heavy atom. The molecule has 0 unspecified atom stereocenters. The molecule has 1 aliphatic rings. The highest BCUT2D eigenvalue weighted by atomic mass is 16.5. The lowest BCUT2D eigenvalue weighted by atomic mass is 10.1. The van der Waals surface area contributed by atoms with E-state index < -0.39 is 0 Å². The number of ether oxygens (including phenoxy) is 2. The van der Waals surface area contributed by atoms with E-state index in [9.17, 15) is 9.59 Å². The summed E-state index contributed by atoms with van der Waals surface area (Å²) in [5, 5.41) is 0. The van der Waals surface area contributed by atoms with Crippen molar-refractivity contribution in [1.82, 2.24) is 9.80 Å². The molecular weight excluding hydrogens is 392 g/mol. The molecule has 1 heterocycles. The molecule has 0 saturated carbocycles. The van der Waals surface area contributed by atoms with Crippen LogP contribution in [-0.2, 0) is 16.0 Å². The fourth-order valence-corrected chi connectivity index (χ4v) is 3.65. The van der Waals surface area contributed by atoms with Crippen LogP contribution in [-0.4, -0.2) is 62.0 Å². The lowest BCUT2D eigenvalue weighted by Crippen LogP contribution is -2.50. The van der Waals surface area contributed by atoms with Crippen molar-refractivity contribution in [3.63, 3.8) is 0 Å². The van der Waals surface area contributed by atoms with Crippen LogP contribution >= 0.6 is 0 Å². The predicted octanol–water partition coefficient (Wildman–Crippen LogP) is 3.41. The maximum Gasteiger partial charge on any atom is 0.246 e. The standard InChI is InChI=1S/C25H30N2O4/c1-30-22-13-11-21(19-23(22)31-2)12-14-25(29)27-17-15-26(16-18-27)24(28)10-6-9-20-7-4-3-5-8-20/h3-5,7-8,11-14,19H,6,9-10,15-18H2,1-2H3/b14-12+. The third kappa shape index (κ3) is 6.35. The first-order chi connectivity index (χ1) is 15.1. The van der Waals surface area contributed by atoms with Gasteiger partial charge < -0.3 is 19.3 Å². The molecule has 0 spiro atoms. The van der Waals surface area contributed by atoms with Crippen molar-refractivity contribution in [1.29, 1.82) is 0 Å². The molecule has 2 aromatic rings. The van der Waals surface area contributed by atoms with Gasteiger partial charge in [-0.1, -0.05) is 36.4 Å². The van der Waals surface area contributed by atoms with Gasteiger partial charge in [0.2, 0.25) is 11.8 Å². The summed E-state index contributed by atoms with van der Waals surface area (Å²) in [6, 6.07) is 15.7. The van der Waals surface area contributed by atoms with E-state index in [2.05, 4.69) is 12.1 Å². The molecule has 2 amide bonds. The van der Waals surface area contributed by atoms with Gasteiger partial charge in [-0.25, -0.2) is 0 Å². The second kappa shape index (κ2) is 11.2. The van der Waals surface area contributed by atoms with E-state index >= 15 is 0 Å². The minimum Gasteiger partial charge on any atom is -0.493 e. The van der Waals surface area contributed by atoms with Gasteiger partial charge in [0, 0.05) is 38.7 Å². The molecule has 1 aliphatic heterocycles. The number of piperazine rings is 1. The van der Waals surface area contributed by atoms with Gasteiger partial charge in [0.25, 0.3) is 0 Å². The maximum atomic E-state index is 12.5. The molecule has 1 saturated heterocycles. The Kier molecular flexibility index (Phi) is 8.10. The highest BCUT2D eigenvalue weighted by Crippen LogP contribution is 2.28. The molecule has 0 aliphatic carbocycles. The molecule has 6 nitrogen and oxygen atoms in total. The molecule has 0 aromatic heterocycles. The number of hydrogen-bond acceptors (Lipinski definition) is 4. The van der Waals surface area contributed by atoms with Gasteiger partial charge in [-0.05, 0) is 42.2 Å². The van der Waals surface area contributed by atoms with Crippen LogP contribution < -0.4 is 9.47 Å². The number of carbonyl (C=O) groups excluding carboxylic acids is 2. The first kappa shape index (κ1) is 22.4. The molecule has 0 radical (unpaired) electrons. The zero-order valence-corrected chi connectivity index (χ0v) is 18.3. The summed E-state index contributed by atoms with van der Waals surface area (Å²) >= 11 is 0. The quantitative estimate of drug-likeness (QED) is 0.612. The average molecular weight is 423 g/mol. The Hall–Kier alpha value is -3.28. The number of benzene rings is 2. The first-order valence-electron chi connectivity index (χ1n) is 10.6. The van der Waals surface area contributed by atoms with Gasteiger partial charge in [-0.3, -0.25) is 9.59 Å². The second-order valence-electron chi connectivity index (χ2n) is 7.49. The van der Waals surface area contributed by atoms with Gasteiger partial charge in [0.05, 0.1) is 14.2 Å². The van der Waals surface area contributed by atoms with Gasteiger partial charge in [0.15, 0.2) is 11.5 Å². The normalized spacial score (nSPS) is 14.0. The molecule has 3 rings (SSSR count). The SMILES string of the molecule is COc1ccc(/C=C/C(=O)N2CCN(C(=O)CCCc3ccccc3)CC2)cc1OC. The smallest absolute Gasteiger partial charge is 0.246 e. The minimum absolute atomic E-state index is 0.0500. The average Bonchev–Trinajstić information content (AvgIpc) is 2.83. The van der Waals surface area contributed by atoms with E-state index in [0.29, 0.717) is 44.1 Å². The molecule has 6 heteroatoms. The fourth-order valence-electron chi connectivity index (χ4n) is 3.65. The Bertz CT molecular complexity index is 903. The highest BCUT2D eigenvalue weighted by molar-refractivity contribution is 5.92. The van der Waals surface area contributed by atoms with E-state index in [1.165, 1.54) is 5.56 Å². The molecule has 2 aromatic carbocycles. The summed E-state index contributed by atoms with van der Waals surface area (Å²) in [4.78, 5) is 28.7. The van der Waals surface area contributed by atoms with Crippen molar-refractivity contribution in [3.05, 3.63) is 65.7 Å². The fraction of sp³-hybridized carbons (Fsp3) is 0.360. The van der Waals surface area contributed by atoms with Crippen LogP contribution in [0.4, 0.5) is 0 Å². The molecule has 1 fully saturated rings. The van der Waals surface area contributed by atoms with E-state index in [1.54, 1.807) is 31.3 Å². The van der Waals surface area contributed by atoms with Crippen LogP contribution in [0.1, 0.15) is 24.0 Å². The Morgan fingerprint density at radius 2 is 1.58 bits per heavy atom. The molecule has 0 atom stereocenters. The highest BCUT2D eigenvalue weighted by Gasteiger charge is 2.22. The molecule has 31 heavy (non-hydrogen) atoms. The molecule has 164 valence electrons. The lowest BCUT2D eigenvalue weighted by molar-refractivity contribution is -0.137. The summed E-state index contributed by atoms with van der Waals surface area (Å²) in [7, 11) is 3.17. The number of amides is 2. The molecule has 0 bridgehead atoms. The minimum atomic E-state index is -0.0500. The Labute approximate surface area is 184 Å². The lowest BCUT2D eigenvalue weighted by Gasteiger charge is -2.34.